The zero-order valence-corrected chi connectivity index (χ0v) is 12.8. The maximum absolute atomic E-state index is 11.4. The molecule has 5 heteroatoms. The van der Waals surface area contributed by atoms with Gasteiger partial charge in [0, 0.05) is 18.3 Å². The van der Waals surface area contributed by atoms with Crippen molar-refractivity contribution in [2.75, 3.05) is 6.54 Å². The van der Waals surface area contributed by atoms with Crippen LogP contribution in [0.25, 0.3) is 11.3 Å². The van der Waals surface area contributed by atoms with Gasteiger partial charge in [0.1, 0.15) is 0 Å². The van der Waals surface area contributed by atoms with Gasteiger partial charge in [-0.15, -0.1) is 0 Å². The summed E-state index contributed by atoms with van der Waals surface area (Å²) in [5.41, 5.74) is 2.48. The van der Waals surface area contributed by atoms with E-state index in [2.05, 4.69) is 4.98 Å². The number of piperidine rings is 1. The van der Waals surface area contributed by atoms with E-state index >= 15 is 0 Å². The van der Waals surface area contributed by atoms with E-state index in [1.165, 1.54) is 4.90 Å². The Morgan fingerprint density at radius 3 is 2.83 bits per heavy atom. The number of rotatable bonds is 3. The highest BCUT2D eigenvalue weighted by atomic mass is 16.4. The summed E-state index contributed by atoms with van der Waals surface area (Å²) < 4.78 is 0. The van der Waals surface area contributed by atoms with E-state index in [0.717, 1.165) is 29.7 Å². The molecule has 0 unspecified atom stereocenters. The Hall–Kier alpha value is -2.40. The third kappa shape index (κ3) is 3.35. The van der Waals surface area contributed by atoms with Gasteiger partial charge in [-0.1, -0.05) is 24.3 Å². The maximum atomic E-state index is 11.4. The van der Waals surface area contributed by atoms with Crippen molar-refractivity contribution in [3.05, 3.63) is 54.2 Å². The molecule has 1 saturated heterocycles. The standard InChI is InChI=1S/C18H20N2O3/c21-17(16-9-2-4-11-20(16)18(22)23)14-7-5-6-13(12-14)15-8-1-3-10-19-15/h1,3,5-8,10,12,16-17,21H,2,4,9,11H2,(H,22,23)/t16-,17-/m0/s1. The number of aliphatic hydroxyl groups excluding tert-OH is 1. The fourth-order valence-electron chi connectivity index (χ4n) is 3.16. The van der Waals surface area contributed by atoms with Crippen molar-refractivity contribution in [1.82, 2.24) is 9.88 Å². The van der Waals surface area contributed by atoms with Gasteiger partial charge in [-0.05, 0) is 43.0 Å². The van der Waals surface area contributed by atoms with Crippen LogP contribution in [0.3, 0.4) is 0 Å². The van der Waals surface area contributed by atoms with Crippen molar-refractivity contribution in [2.24, 2.45) is 0 Å². The summed E-state index contributed by atoms with van der Waals surface area (Å²) in [4.78, 5) is 17.1. The van der Waals surface area contributed by atoms with E-state index in [9.17, 15) is 15.0 Å². The van der Waals surface area contributed by atoms with Crippen LogP contribution in [0.2, 0.25) is 0 Å². The molecule has 1 fully saturated rings. The minimum atomic E-state index is -0.963. The lowest BCUT2D eigenvalue weighted by Gasteiger charge is -2.36. The Morgan fingerprint density at radius 1 is 1.22 bits per heavy atom. The van der Waals surface area contributed by atoms with Gasteiger partial charge in [0.05, 0.1) is 17.8 Å². The summed E-state index contributed by atoms with van der Waals surface area (Å²) in [6.45, 7) is 0.483. The molecular formula is C18H20N2O3. The zero-order chi connectivity index (χ0) is 16.2. The molecule has 1 aromatic carbocycles. The quantitative estimate of drug-likeness (QED) is 0.912. The predicted molar refractivity (Wildman–Crippen MR) is 87.0 cm³/mol. The molecule has 1 aromatic heterocycles. The van der Waals surface area contributed by atoms with Crippen molar-refractivity contribution >= 4 is 6.09 Å². The van der Waals surface area contributed by atoms with Gasteiger partial charge >= 0.3 is 6.09 Å². The second kappa shape index (κ2) is 6.79. The fraction of sp³-hybridized carbons (Fsp3) is 0.333. The molecule has 120 valence electrons. The van der Waals surface area contributed by atoms with Crippen LogP contribution in [0.1, 0.15) is 30.9 Å². The van der Waals surface area contributed by atoms with Crippen LogP contribution in [0, 0.1) is 0 Å². The number of likely N-dealkylation sites (tertiary alicyclic amines) is 1. The molecule has 1 aliphatic rings. The topological polar surface area (TPSA) is 73.7 Å². The van der Waals surface area contributed by atoms with Gasteiger partial charge in [0.2, 0.25) is 0 Å². The number of hydrogen-bond acceptors (Lipinski definition) is 3. The average Bonchev–Trinajstić information content (AvgIpc) is 2.62. The Kier molecular flexibility index (Phi) is 4.57. The number of aliphatic hydroxyl groups is 1. The average molecular weight is 312 g/mol. The highest BCUT2D eigenvalue weighted by Crippen LogP contribution is 2.30. The first-order valence-corrected chi connectivity index (χ1v) is 7.86. The molecule has 0 bridgehead atoms. The Balaban J connectivity index is 1.87. The monoisotopic (exact) mass is 312 g/mol. The molecule has 5 nitrogen and oxygen atoms in total. The molecule has 0 radical (unpaired) electrons. The second-order valence-corrected chi connectivity index (χ2v) is 5.82. The SMILES string of the molecule is O=C(O)N1CCCC[C@H]1[C@@H](O)c1cccc(-c2ccccn2)c1. The van der Waals surface area contributed by atoms with Gasteiger partial charge in [0.15, 0.2) is 0 Å². The van der Waals surface area contributed by atoms with Crippen LogP contribution in [0.5, 0.6) is 0 Å². The molecular weight excluding hydrogens is 292 g/mol. The minimum absolute atomic E-state index is 0.389. The van der Waals surface area contributed by atoms with Crippen molar-refractivity contribution in [3.8, 4) is 11.3 Å². The van der Waals surface area contributed by atoms with Crippen LogP contribution in [-0.2, 0) is 0 Å². The summed E-state index contributed by atoms with van der Waals surface area (Å²) in [5.74, 6) is 0. The number of carboxylic acid groups (broad SMARTS) is 1. The first kappa shape index (κ1) is 15.5. The number of aromatic nitrogens is 1. The van der Waals surface area contributed by atoms with Crippen molar-refractivity contribution in [2.45, 2.75) is 31.4 Å². The van der Waals surface area contributed by atoms with Crippen LogP contribution >= 0.6 is 0 Å². The Bertz CT molecular complexity index is 675. The molecule has 0 spiro atoms. The highest BCUT2D eigenvalue weighted by molar-refractivity contribution is 5.66. The van der Waals surface area contributed by atoms with Crippen LogP contribution in [0.15, 0.2) is 48.7 Å². The van der Waals surface area contributed by atoms with E-state index in [0.29, 0.717) is 13.0 Å². The van der Waals surface area contributed by atoms with Crippen LogP contribution < -0.4 is 0 Å². The summed E-state index contributed by atoms with van der Waals surface area (Å²) in [7, 11) is 0. The summed E-state index contributed by atoms with van der Waals surface area (Å²) >= 11 is 0. The van der Waals surface area contributed by atoms with Gasteiger partial charge < -0.3 is 15.1 Å². The van der Waals surface area contributed by atoms with E-state index < -0.39 is 12.2 Å². The number of carbonyl (C=O) groups is 1. The summed E-state index contributed by atoms with van der Waals surface area (Å²) in [6.07, 6.45) is 2.41. The molecule has 1 amide bonds. The first-order chi connectivity index (χ1) is 11.2. The van der Waals surface area contributed by atoms with Gasteiger partial charge in [-0.25, -0.2) is 4.79 Å². The zero-order valence-electron chi connectivity index (χ0n) is 12.8. The summed E-state index contributed by atoms with van der Waals surface area (Å²) in [5, 5.41) is 20.1. The third-order valence-electron chi connectivity index (χ3n) is 4.35. The molecule has 0 aliphatic carbocycles. The van der Waals surface area contributed by atoms with E-state index in [4.69, 9.17) is 0 Å². The number of pyridine rings is 1. The van der Waals surface area contributed by atoms with Crippen LogP contribution in [-0.4, -0.2) is 38.8 Å². The third-order valence-corrected chi connectivity index (χ3v) is 4.35. The maximum Gasteiger partial charge on any atom is 0.407 e. The first-order valence-electron chi connectivity index (χ1n) is 7.86. The molecule has 2 aromatic rings. The lowest BCUT2D eigenvalue weighted by molar-refractivity contribution is 0.0286. The smallest absolute Gasteiger partial charge is 0.407 e. The molecule has 1 aliphatic heterocycles. The van der Waals surface area contributed by atoms with Crippen molar-refractivity contribution in [1.29, 1.82) is 0 Å². The van der Waals surface area contributed by atoms with E-state index in [-0.39, 0.29) is 6.04 Å². The molecule has 2 heterocycles. The van der Waals surface area contributed by atoms with Crippen molar-refractivity contribution in [3.63, 3.8) is 0 Å². The highest BCUT2D eigenvalue weighted by Gasteiger charge is 2.32. The van der Waals surface area contributed by atoms with E-state index in [1.54, 1.807) is 6.20 Å². The van der Waals surface area contributed by atoms with Crippen molar-refractivity contribution < 1.29 is 15.0 Å². The van der Waals surface area contributed by atoms with Crippen LogP contribution in [0.4, 0.5) is 4.79 Å². The largest absolute Gasteiger partial charge is 0.465 e. The second-order valence-electron chi connectivity index (χ2n) is 5.82. The number of amides is 1. The summed E-state index contributed by atoms with van der Waals surface area (Å²) in [6, 6.07) is 12.8. The van der Waals surface area contributed by atoms with Gasteiger partial charge in [-0.3, -0.25) is 4.98 Å². The van der Waals surface area contributed by atoms with Gasteiger partial charge in [0.25, 0.3) is 0 Å². The fourth-order valence-corrected chi connectivity index (χ4v) is 3.16. The number of benzene rings is 1. The number of nitrogens with zero attached hydrogens (tertiary/aromatic N) is 2. The minimum Gasteiger partial charge on any atom is -0.465 e. The predicted octanol–water partition coefficient (Wildman–Crippen LogP) is 3.31. The Morgan fingerprint density at radius 2 is 2.09 bits per heavy atom. The molecule has 2 N–H and O–H groups in total. The van der Waals surface area contributed by atoms with E-state index in [1.807, 2.05) is 42.5 Å². The molecule has 0 saturated carbocycles. The Labute approximate surface area is 135 Å². The normalized spacial score (nSPS) is 19.3. The molecule has 3 rings (SSSR count). The number of hydrogen-bond donors (Lipinski definition) is 2. The molecule has 23 heavy (non-hydrogen) atoms. The molecule has 2 atom stereocenters. The lowest BCUT2D eigenvalue weighted by atomic mass is 9.92. The van der Waals surface area contributed by atoms with Gasteiger partial charge in [-0.2, -0.15) is 0 Å². The lowest BCUT2D eigenvalue weighted by Crippen LogP contribution is -2.46.